The van der Waals surface area contributed by atoms with Crippen molar-refractivity contribution in [1.82, 2.24) is 9.88 Å². The molecule has 3 atom stereocenters. The van der Waals surface area contributed by atoms with Gasteiger partial charge in [0.05, 0.1) is 16.8 Å². The Bertz CT molecular complexity index is 979. The number of aromatic nitrogens is 1. The van der Waals surface area contributed by atoms with Crippen LogP contribution in [0.5, 0.6) is 0 Å². The number of benzene rings is 1. The maximum Gasteiger partial charge on any atom is 0.266 e. The van der Waals surface area contributed by atoms with E-state index in [9.17, 15) is 22.3 Å². The highest BCUT2D eigenvalue weighted by molar-refractivity contribution is 7.93. The number of hydrogen-bond acceptors (Lipinski definition) is 7. The highest BCUT2D eigenvalue weighted by Gasteiger charge is 2.30. The van der Waals surface area contributed by atoms with Gasteiger partial charge in [0.25, 0.3) is 10.0 Å². The second-order valence-corrected chi connectivity index (χ2v) is 10.5. The quantitative estimate of drug-likeness (QED) is 0.492. The van der Waals surface area contributed by atoms with Crippen molar-refractivity contribution in [2.45, 2.75) is 48.8 Å². The van der Waals surface area contributed by atoms with Crippen LogP contribution in [0, 0.1) is 5.82 Å². The molecule has 12 heteroatoms. The van der Waals surface area contributed by atoms with E-state index in [1.165, 1.54) is 6.20 Å². The van der Waals surface area contributed by atoms with Crippen LogP contribution in [0.4, 0.5) is 19.6 Å². The Morgan fingerprint density at radius 1 is 1.39 bits per heavy atom. The zero-order valence-electron chi connectivity index (χ0n) is 16.9. The van der Waals surface area contributed by atoms with Crippen LogP contribution >= 0.6 is 22.9 Å². The first-order valence-corrected chi connectivity index (χ1v) is 12.6. The molecule has 0 saturated heterocycles. The Hall–Kier alpha value is -1.53. The first kappa shape index (κ1) is 24.1. The van der Waals surface area contributed by atoms with Gasteiger partial charge in [0.15, 0.2) is 5.13 Å². The number of hydrogen-bond donors (Lipinski definition) is 3. The standard InChI is InChI=1S/C19H25ClF2N4O3S2/c1-26(11-12(27)10-21)17-5-3-2-4-15(17)24-16-9-14(22)18(8-13(16)20)31(28,29)25-19-23-6-7-30-19/h6-9,12,15,17,24,27H,2-5,10-11H2,1H3,(H,23,25)/t12?,15-,17-/m0/s1. The van der Waals surface area contributed by atoms with Crippen molar-refractivity contribution in [3.63, 3.8) is 0 Å². The largest absolute Gasteiger partial charge is 0.389 e. The topological polar surface area (TPSA) is 94.6 Å². The van der Waals surface area contributed by atoms with Crippen molar-refractivity contribution in [3.8, 4) is 0 Å². The zero-order valence-corrected chi connectivity index (χ0v) is 19.3. The van der Waals surface area contributed by atoms with Crippen LogP contribution < -0.4 is 10.0 Å². The van der Waals surface area contributed by atoms with Crippen molar-refractivity contribution in [2.24, 2.45) is 0 Å². The molecule has 2 aromatic rings. The number of nitrogens with one attached hydrogen (secondary N) is 2. The third kappa shape index (κ3) is 6.04. The molecule has 1 aliphatic rings. The van der Waals surface area contributed by atoms with Crippen molar-refractivity contribution in [3.05, 3.63) is 34.5 Å². The van der Waals surface area contributed by atoms with Crippen LogP contribution in [0.3, 0.4) is 0 Å². The minimum Gasteiger partial charge on any atom is -0.389 e. The summed E-state index contributed by atoms with van der Waals surface area (Å²) in [6.07, 6.45) is 3.92. The summed E-state index contributed by atoms with van der Waals surface area (Å²) in [6, 6.07) is 2.02. The number of sulfonamides is 1. The molecular weight excluding hydrogens is 470 g/mol. The number of rotatable bonds is 9. The number of aliphatic hydroxyl groups is 1. The fraction of sp³-hybridized carbons (Fsp3) is 0.526. The van der Waals surface area contributed by atoms with Gasteiger partial charge in [0.2, 0.25) is 0 Å². The van der Waals surface area contributed by atoms with Crippen LogP contribution in [0.15, 0.2) is 28.6 Å². The SMILES string of the molecule is CN(CC(O)CF)[C@H]1CCCC[C@@H]1Nc1cc(F)c(S(=O)(=O)Nc2nccs2)cc1Cl. The molecule has 1 fully saturated rings. The minimum atomic E-state index is -4.19. The van der Waals surface area contributed by atoms with E-state index in [0.29, 0.717) is 0 Å². The molecule has 31 heavy (non-hydrogen) atoms. The van der Waals surface area contributed by atoms with Gasteiger partial charge < -0.3 is 10.4 Å². The van der Waals surface area contributed by atoms with Gasteiger partial charge in [-0.15, -0.1) is 11.3 Å². The molecule has 1 heterocycles. The summed E-state index contributed by atoms with van der Waals surface area (Å²) in [4.78, 5) is 5.16. The van der Waals surface area contributed by atoms with Crippen molar-refractivity contribution in [2.75, 3.05) is 30.3 Å². The molecular formula is C19H25ClF2N4O3S2. The molecule has 7 nitrogen and oxygen atoms in total. The van der Waals surface area contributed by atoms with Crippen molar-refractivity contribution >= 4 is 43.8 Å². The summed E-state index contributed by atoms with van der Waals surface area (Å²) in [5, 5.41) is 14.6. The lowest BCUT2D eigenvalue weighted by atomic mass is 9.89. The summed E-state index contributed by atoms with van der Waals surface area (Å²) in [5.41, 5.74) is 0.281. The predicted molar refractivity (Wildman–Crippen MR) is 119 cm³/mol. The second kappa shape index (κ2) is 10.4. The summed E-state index contributed by atoms with van der Waals surface area (Å²) in [7, 11) is -2.38. The smallest absolute Gasteiger partial charge is 0.266 e. The van der Waals surface area contributed by atoms with Gasteiger partial charge in [-0.3, -0.25) is 9.62 Å². The molecule has 0 aliphatic heterocycles. The first-order chi connectivity index (χ1) is 14.7. The highest BCUT2D eigenvalue weighted by atomic mass is 35.5. The molecule has 0 spiro atoms. The predicted octanol–water partition coefficient (Wildman–Crippen LogP) is 3.72. The molecule has 1 unspecified atom stereocenters. The van der Waals surface area contributed by atoms with Gasteiger partial charge in [-0.25, -0.2) is 22.2 Å². The lowest BCUT2D eigenvalue weighted by molar-refractivity contribution is 0.0701. The molecule has 1 aromatic heterocycles. The van der Waals surface area contributed by atoms with Gasteiger partial charge in [-0.2, -0.15) is 0 Å². The lowest BCUT2D eigenvalue weighted by Gasteiger charge is -2.39. The van der Waals surface area contributed by atoms with E-state index in [4.69, 9.17) is 11.6 Å². The van der Waals surface area contributed by atoms with Gasteiger partial charge in [0, 0.05) is 30.2 Å². The number of anilines is 2. The fourth-order valence-electron chi connectivity index (χ4n) is 3.81. The molecule has 3 rings (SSSR count). The molecule has 0 amide bonds. The van der Waals surface area contributed by atoms with Crippen LogP contribution in [0.2, 0.25) is 5.02 Å². The van der Waals surface area contributed by atoms with E-state index in [1.54, 1.807) is 5.38 Å². The molecule has 3 N–H and O–H groups in total. The number of nitrogens with zero attached hydrogens (tertiary/aromatic N) is 2. The minimum absolute atomic E-state index is 0.0101. The molecule has 1 aromatic carbocycles. The van der Waals surface area contributed by atoms with Crippen molar-refractivity contribution < 1.29 is 22.3 Å². The van der Waals surface area contributed by atoms with Gasteiger partial charge in [-0.05, 0) is 32.0 Å². The van der Waals surface area contributed by atoms with Gasteiger partial charge >= 0.3 is 0 Å². The monoisotopic (exact) mass is 494 g/mol. The third-order valence-electron chi connectivity index (χ3n) is 5.28. The number of alkyl halides is 1. The number of aliphatic hydroxyl groups excluding tert-OH is 1. The van der Waals surface area contributed by atoms with Crippen LogP contribution in [0.25, 0.3) is 0 Å². The Labute approximate surface area is 189 Å². The Morgan fingerprint density at radius 2 is 2.13 bits per heavy atom. The molecule has 0 radical (unpaired) electrons. The number of halogens is 3. The third-order valence-corrected chi connectivity index (χ3v) is 7.76. The zero-order chi connectivity index (χ0) is 22.6. The second-order valence-electron chi connectivity index (χ2n) is 7.56. The lowest BCUT2D eigenvalue weighted by Crippen LogP contribution is -2.49. The van der Waals surface area contributed by atoms with Crippen molar-refractivity contribution in [1.29, 1.82) is 0 Å². The molecule has 172 valence electrons. The maximum atomic E-state index is 14.8. The average molecular weight is 495 g/mol. The highest BCUT2D eigenvalue weighted by Crippen LogP contribution is 2.33. The molecule has 0 bridgehead atoms. The Kier molecular flexibility index (Phi) is 8.08. The Morgan fingerprint density at radius 3 is 2.81 bits per heavy atom. The van der Waals surface area contributed by atoms with Crippen LogP contribution in [-0.4, -0.2) is 61.9 Å². The maximum absolute atomic E-state index is 14.8. The summed E-state index contributed by atoms with van der Waals surface area (Å²) in [5.74, 6) is -0.940. The summed E-state index contributed by atoms with van der Waals surface area (Å²) < 4.78 is 54.7. The van der Waals surface area contributed by atoms with Gasteiger partial charge in [0.1, 0.15) is 17.4 Å². The van der Waals surface area contributed by atoms with E-state index in [1.807, 2.05) is 11.9 Å². The molecule has 1 aliphatic carbocycles. The van der Waals surface area contributed by atoms with Crippen LogP contribution in [-0.2, 0) is 10.0 Å². The van der Waals surface area contributed by atoms with E-state index >= 15 is 0 Å². The first-order valence-electron chi connectivity index (χ1n) is 9.83. The molecule has 1 saturated carbocycles. The number of likely N-dealkylation sites (N-methyl/N-ethyl adjacent to an activating group) is 1. The van der Waals surface area contributed by atoms with Gasteiger partial charge in [-0.1, -0.05) is 24.4 Å². The van der Waals surface area contributed by atoms with E-state index < -0.39 is 33.5 Å². The summed E-state index contributed by atoms with van der Waals surface area (Å²) >= 11 is 7.38. The van der Waals surface area contributed by atoms with E-state index in [0.717, 1.165) is 49.2 Å². The Balaban J connectivity index is 1.79. The summed E-state index contributed by atoms with van der Waals surface area (Å²) in [6.45, 7) is -0.641. The normalized spacial score (nSPS) is 20.6. The average Bonchev–Trinajstić information content (AvgIpc) is 3.22. The van der Waals surface area contributed by atoms with E-state index in [-0.39, 0.29) is 34.5 Å². The number of thiazole rings is 1. The van der Waals surface area contributed by atoms with Crippen LogP contribution in [0.1, 0.15) is 25.7 Å². The van der Waals surface area contributed by atoms with E-state index in [2.05, 4.69) is 15.0 Å². The fourth-order valence-corrected chi connectivity index (χ4v) is 5.97.